The lowest BCUT2D eigenvalue weighted by Crippen LogP contribution is -2.43. The van der Waals surface area contributed by atoms with Crippen LogP contribution >= 0.6 is 0 Å². The second-order valence-corrected chi connectivity index (χ2v) is 4.84. The molecule has 2 rings (SSSR count). The van der Waals surface area contributed by atoms with Crippen LogP contribution in [0.1, 0.15) is 40.0 Å². The van der Waals surface area contributed by atoms with Crippen molar-refractivity contribution >= 4 is 5.91 Å². The molecule has 2 saturated heterocycles. The summed E-state index contributed by atoms with van der Waals surface area (Å²) >= 11 is 0. The minimum atomic E-state index is -0.371. The fourth-order valence-electron chi connectivity index (χ4n) is 2.79. The second kappa shape index (κ2) is 3.23. The number of hydrogen-bond acceptors (Lipinski definition) is 2. The van der Waals surface area contributed by atoms with Crippen LogP contribution < -0.4 is 0 Å². The lowest BCUT2D eigenvalue weighted by atomic mass is 9.96. The van der Waals surface area contributed by atoms with Gasteiger partial charge in [-0.1, -0.05) is 13.3 Å². The van der Waals surface area contributed by atoms with Crippen molar-refractivity contribution in [2.24, 2.45) is 5.92 Å². The summed E-state index contributed by atoms with van der Waals surface area (Å²) in [7, 11) is 0. The van der Waals surface area contributed by atoms with Crippen LogP contribution in [0.3, 0.4) is 0 Å². The van der Waals surface area contributed by atoms with Crippen molar-refractivity contribution in [1.29, 1.82) is 0 Å². The van der Waals surface area contributed by atoms with E-state index in [1.165, 1.54) is 0 Å². The zero-order valence-corrected chi connectivity index (χ0v) is 9.25. The number of amides is 1. The SMILES string of the molecule is CCC[C@@H]1CC(=O)N2[C@@H]1COC2(C)C. The van der Waals surface area contributed by atoms with Gasteiger partial charge in [-0.2, -0.15) is 0 Å². The van der Waals surface area contributed by atoms with E-state index in [1.807, 2.05) is 18.7 Å². The summed E-state index contributed by atoms with van der Waals surface area (Å²) in [6.07, 6.45) is 3.03. The van der Waals surface area contributed by atoms with Crippen molar-refractivity contribution in [2.75, 3.05) is 6.61 Å². The highest BCUT2D eigenvalue weighted by molar-refractivity contribution is 5.80. The number of carbonyl (C=O) groups excluding carboxylic acids is 1. The Morgan fingerprint density at radius 1 is 1.57 bits per heavy atom. The highest BCUT2D eigenvalue weighted by atomic mass is 16.5. The van der Waals surface area contributed by atoms with Crippen molar-refractivity contribution in [3.05, 3.63) is 0 Å². The van der Waals surface area contributed by atoms with E-state index in [4.69, 9.17) is 4.74 Å². The van der Waals surface area contributed by atoms with Crippen LogP contribution in [0.25, 0.3) is 0 Å². The molecular weight excluding hydrogens is 178 g/mol. The Balaban J connectivity index is 2.16. The fraction of sp³-hybridized carbons (Fsp3) is 0.909. The maximum atomic E-state index is 11.8. The highest BCUT2D eigenvalue weighted by Crippen LogP contribution is 2.40. The molecule has 0 radical (unpaired) electrons. The van der Waals surface area contributed by atoms with E-state index in [0.29, 0.717) is 12.0 Å². The Morgan fingerprint density at radius 3 is 2.93 bits per heavy atom. The van der Waals surface area contributed by atoms with Crippen LogP contribution in [-0.4, -0.2) is 29.2 Å². The Hall–Kier alpha value is -0.570. The van der Waals surface area contributed by atoms with Gasteiger partial charge in [0.15, 0.2) is 0 Å². The minimum absolute atomic E-state index is 0.274. The maximum Gasteiger partial charge on any atom is 0.225 e. The third-order valence-corrected chi connectivity index (χ3v) is 3.43. The molecule has 0 aromatic carbocycles. The number of hydrogen-bond donors (Lipinski definition) is 0. The Kier molecular flexibility index (Phi) is 2.30. The van der Waals surface area contributed by atoms with Crippen LogP contribution in [0.5, 0.6) is 0 Å². The Bertz CT molecular complexity index is 250. The minimum Gasteiger partial charge on any atom is -0.354 e. The molecule has 80 valence electrons. The molecule has 2 heterocycles. The summed E-state index contributed by atoms with van der Waals surface area (Å²) in [4.78, 5) is 13.8. The van der Waals surface area contributed by atoms with Gasteiger partial charge in [0, 0.05) is 6.42 Å². The zero-order chi connectivity index (χ0) is 10.3. The predicted molar refractivity (Wildman–Crippen MR) is 53.7 cm³/mol. The molecule has 0 unspecified atom stereocenters. The van der Waals surface area contributed by atoms with E-state index in [1.54, 1.807) is 0 Å². The first kappa shape index (κ1) is 9.97. The molecule has 0 aliphatic carbocycles. The summed E-state index contributed by atoms with van der Waals surface area (Å²) in [5.74, 6) is 0.797. The van der Waals surface area contributed by atoms with Gasteiger partial charge in [0.25, 0.3) is 0 Å². The normalized spacial score (nSPS) is 35.1. The summed E-state index contributed by atoms with van der Waals surface area (Å²) in [5, 5.41) is 0. The van der Waals surface area contributed by atoms with Gasteiger partial charge >= 0.3 is 0 Å². The quantitative estimate of drug-likeness (QED) is 0.675. The number of ether oxygens (including phenoxy) is 1. The van der Waals surface area contributed by atoms with Crippen LogP contribution in [0, 0.1) is 5.92 Å². The second-order valence-electron chi connectivity index (χ2n) is 4.84. The van der Waals surface area contributed by atoms with Crippen LogP contribution in [-0.2, 0) is 9.53 Å². The van der Waals surface area contributed by atoms with E-state index in [-0.39, 0.29) is 11.6 Å². The Morgan fingerprint density at radius 2 is 2.29 bits per heavy atom. The van der Waals surface area contributed by atoms with Gasteiger partial charge in [-0.25, -0.2) is 0 Å². The van der Waals surface area contributed by atoms with Gasteiger partial charge in [-0.05, 0) is 26.2 Å². The lowest BCUT2D eigenvalue weighted by molar-refractivity contribution is -0.141. The molecule has 0 bridgehead atoms. The third kappa shape index (κ3) is 1.34. The molecule has 14 heavy (non-hydrogen) atoms. The molecule has 3 heteroatoms. The average Bonchev–Trinajstić information content (AvgIpc) is 2.55. The average molecular weight is 197 g/mol. The van der Waals surface area contributed by atoms with Gasteiger partial charge in [-0.15, -0.1) is 0 Å². The number of nitrogens with zero attached hydrogens (tertiary/aromatic N) is 1. The van der Waals surface area contributed by atoms with Crippen molar-refractivity contribution in [1.82, 2.24) is 4.90 Å². The summed E-state index contributed by atoms with van der Waals surface area (Å²) in [5.41, 5.74) is -0.371. The first-order valence-corrected chi connectivity index (χ1v) is 5.52. The van der Waals surface area contributed by atoms with Crippen LogP contribution in [0.15, 0.2) is 0 Å². The molecule has 0 aromatic rings. The van der Waals surface area contributed by atoms with Crippen LogP contribution in [0.4, 0.5) is 0 Å². The van der Waals surface area contributed by atoms with Crippen LogP contribution in [0.2, 0.25) is 0 Å². The van der Waals surface area contributed by atoms with Gasteiger partial charge in [0.2, 0.25) is 5.91 Å². The molecule has 2 aliphatic rings. The molecule has 0 saturated carbocycles. The first-order chi connectivity index (χ1) is 6.56. The van der Waals surface area contributed by atoms with Crippen molar-refractivity contribution in [3.63, 3.8) is 0 Å². The number of rotatable bonds is 2. The molecule has 3 nitrogen and oxygen atoms in total. The van der Waals surface area contributed by atoms with E-state index in [9.17, 15) is 4.79 Å². The molecule has 0 aromatic heterocycles. The molecule has 1 amide bonds. The van der Waals surface area contributed by atoms with E-state index in [0.717, 1.165) is 25.9 Å². The summed E-state index contributed by atoms with van der Waals surface area (Å²) < 4.78 is 5.66. The Labute approximate surface area is 85.4 Å². The van der Waals surface area contributed by atoms with Crippen molar-refractivity contribution in [2.45, 2.75) is 51.8 Å². The van der Waals surface area contributed by atoms with Gasteiger partial charge in [-0.3, -0.25) is 4.79 Å². The van der Waals surface area contributed by atoms with E-state index < -0.39 is 0 Å². The predicted octanol–water partition coefficient (Wildman–Crippen LogP) is 1.77. The summed E-state index contributed by atoms with van der Waals surface area (Å²) in [6.45, 7) is 6.87. The lowest BCUT2D eigenvalue weighted by Gasteiger charge is -2.29. The topological polar surface area (TPSA) is 29.5 Å². The molecule has 0 spiro atoms. The third-order valence-electron chi connectivity index (χ3n) is 3.43. The van der Waals surface area contributed by atoms with Crippen molar-refractivity contribution in [3.8, 4) is 0 Å². The molecular formula is C11H19NO2. The van der Waals surface area contributed by atoms with E-state index in [2.05, 4.69) is 6.92 Å². The number of fused-ring (bicyclic) bond motifs is 1. The molecule has 2 aliphatic heterocycles. The van der Waals surface area contributed by atoms with Crippen molar-refractivity contribution < 1.29 is 9.53 Å². The monoisotopic (exact) mass is 197 g/mol. The molecule has 2 atom stereocenters. The van der Waals surface area contributed by atoms with Gasteiger partial charge in [0.1, 0.15) is 5.72 Å². The first-order valence-electron chi connectivity index (χ1n) is 5.52. The number of carbonyl (C=O) groups is 1. The highest BCUT2D eigenvalue weighted by Gasteiger charge is 2.51. The van der Waals surface area contributed by atoms with Gasteiger partial charge < -0.3 is 9.64 Å². The maximum absolute atomic E-state index is 11.8. The molecule has 2 fully saturated rings. The largest absolute Gasteiger partial charge is 0.354 e. The summed E-state index contributed by atoms with van der Waals surface area (Å²) in [6, 6.07) is 0.345. The molecule has 0 N–H and O–H groups in total. The smallest absolute Gasteiger partial charge is 0.225 e. The van der Waals surface area contributed by atoms with Gasteiger partial charge in [0.05, 0.1) is 12.6 Å². The zero-order valence-electron chi connectivity index (χ0n) is 9.25. The standard InChI is InChI=1S/C11H19NO2/c1-4-5-8-6-10(13)12-9(8)7-14-11(12,2)3/h8-9H,4-7H2,1-3H3/t8-,9-/m1/s1. The van der Waals surface area contributed by atoms with E-state index >= 15 is 0 Å². The fourth-order valence-corrected chi connectivity index (χ4v) is 2.79.